The van der Waals surface area contributed by atoms with E-state index in [1.54, 1.807) is 0 Å². The maximum absolute atomic E-state index is 13.1. The first kappa shape index (κ1) is 17.4. The second kappa shape index (κ2) is 7.70. The molecule has 2 unspecified atom stereocenters. The Balaban J connectivity index is 1.58. The Morgan fingerprint density at radius 1 is 1.19 bits per heavy atom. The summed E-state index contributed by atoms with van der Waals surface area (Å²) in [5, 5.41) is 2.70. The molecule has 1 aliphatic heterocycles. The summed E-state index contributed by atoms with van der Waals surface area (Å²) < 4.78 is 0. The van der Waals surface area contributed by atoms with E-state index in [0.29, 0.717) is 24.1 Å². The van der Waals surface area contributed by atoms with Crippen LogP contribution in [-0.2, 0) is 11.2 Å². The highest BCUT2D eigenvalue weighted by Gasteiger charge is 2.36. The number of fused-ring (bicyclic) bond motifs is 1. The van der Waals surface area contributed by atoms with E-state index in [1.807, 2.05) is 29.6 Å². The predicted octanol–water partition coefficient (Wildman–Crippen LogP) is 4.35. The van der Waals surface area contributed by atoms with Crippen LogP contribution in [0.3, 0.4) is 0 Å². The van der Waals surface area contributed by atoms with Crippen LogP contribution in [0.2, 0.25) is 0 Å². The average Bonchev–Trinajstić information content (AvgIpc) is 3.18. The zero-order valence-corrected chi connectivity index (χ0v) is 15.7. The first-order valence-corrected chi connectivity index (χ1v) is 10.4. The van der Waals surface area contributed by atoms with Crippen LogP contribution >= 0.6 is 11.3 Å². The predicted molar refractivity (Wildman–Crippen MR) is 103 cm³/mol. The van der Waals surface area contributed by atoms with Gasteiger partial charge in [-0.05, 0) is 37.2 Å². The lowest BCUT2D eigenvalue weighted by molar-refractivity contribution is -0.107. The number of likely N-dealkylation sites (tertiary alicyclic amines) is 1. The van der Waals surface area contributed by atoms with E-state index in [0.717, 1.165) is 41.8 Å². The van der Waals surface area contributed by atoms with E-state index in [-0.39, 0.29) is 5.91 Å². The number of amides is 1. The lowest BCUT2D eigenvalue weighted by Gasteiger charge is -2.43. The van der Waals surface area contributed by atoms with Crippen LogP contribution in [0, 0.1) is 5.92 Å². The summed E-state index contributed by atoms with van der Waals surface area (Å²) in [5.41, 5.74) is 2.47. The van der Waals surface area contributed by atoms with Crippen molar-refractivity contribution < 1.29 is 9.59 Å². The van der Waals surface area contributed by atoms with E-state index >= 15 is 0 Å². The molecule has 4 nitrogen and oxygen atoms in total. The van der Waals surface area contributed by atoms with E-state index in [1.165, 1.54) is 37.0 Å². The van der Waals surface area contributed by atoms with Crippen molar-refractivity contribution in [1.82, 2.24) is 9.88 Å². The molecule has 1 saturated carbocycles. The van der Waals surface area contributed by atoms with Gasteiger partial charge in [0.25, 0.3) is 5.91 Å². The van der Waals surface area contributed by atoms with Crippen molar-refractivity contribution in [2.24, 2.45) is 5.92 Å². The van der Waals surface area contributed by atoms with E-state index in [9.17, 15) is 9.59 Å². The van der Waals surface area contributed by atoms with Crippen molar-refractivity contribution in [3.63, 3.8) is 0 Å². The maximum atomic E-state index is 13.1. The molecule has 0 N–H and O–H groups in total. The number of carbonyl (C=O) groups excluding carboxylic acids is 2. The van der Waals surface area contributed by atoms with Gasteiger partial charge in [-0.15, -0.1) is 11.3 Å². The zero-order valence-electron chi connectivity index (χ0n) is 14.9. The Bertz CT molecular complexity index is 799. The van der Waals surface area contributed by atoms with Crippen molar-refractivity contribution in [3.8, 4) is 10.6 Å². The van der Waals surface area contributed by atoms with Crippen molar-refractivity contribution in [2.45, 2.75) is 51.0 Å². The maximum Gasteiger partial charge on any atom is 0.273 e. The van der Waals surface area contributed by atoms with Gasteiger partial charge in [0, 0.05) is 30.0 Å². The fourth-order valence-electron chi connectivity index (χ4n) is 4.52. The van der Waals surface area contributed by atoms with Crippen molar-refractivity contribution >= 4 is 23.5 Å². The molecule has 0 radical (unpaired) electrons. The number of thiazole rings is 1. The molecule has 0 spiro atoms. The van der Waals surface area contributed by atoms with Gasteiger partial charge in [-0.1, -0.05) is 37.1 Å². The minimum atomic E-state index is 0.0805. The monoisotopic (exact) mass is 368 g/mol. The summed E-state index contributed by atoms with van der Waals surface area (Å²) in [6, 6.07) is 8.20. The lowest BCUT2D eigenvalue weighted by Crippen LogP contribution is -2.49. The largest absolute Gasteiger partial charge is 0.334 e. The Kier molecular flexibility index (Phi) is 5.16. The molecule has 2 atom stereocenters. The number of hydrogen-bond donors (Lipinski definition) is 0. The second-order valence-corrected chi connectivity index (χ2v) is 8.18. The van der Waals surface area contributed by atoms with Crippen molar-refractivity contribution in [3.05, 3.63) is 40.9 Å². The first-order chi connectivity index (χ1) is 12.8. The Morgan fingerprint density at radius 2 is 2.00 bits per heavy atom. The van der Waals surface area contributed by atoms with E-state index in [4.69, 9.17) is 0 Å². The fourth-order valence-corrected chi connectivity index (χ4v) is 5.37. The van der Waals surface area contributed by atoms with E-state index in [2.05, 4.69) is 9.88 Å². The summed E-state index contributed by atoms with van der Waals surface area (Å²) >= 11 is 1.49. The van der Waals surface area contributed by atoms with E-state index < -0.39 is 0 Å². The zero-order chi connectivity index (χ0) is 17.9. The van der Waals surface area contributed by atoms with Crippen LogP contribution < -0.4 is 0 Å². The molecular formula is C21H24N2O2S. The molecule has 1 amide bonds. The van der Waals surface area contributed by atoms with Gasteiger partial charge in [-0.3, -0.25) is 4.79 Å². The Morgan fingerprint density at radius 3 is 2.88 bits per heavy atom. The standard InChI is InChI=1S/C21H24N2O2S/c24-13-11-15-6-1-3-9-17(15)20-22-18(14-26-20)21(25)23-12-5-8-16-7-2-4-10-19(16)23/h1,3,6,9,13-14,16,19H,2,4-5,7-8,10-12H2. The number of aldehydes is 1. The number of nitrogens with zero attached hydrogens (tertiary/aromatic N) is 2. The van der Waals surface area contributed by atoms with Crippen LogP contribution in [0.1, 0.15) is 54.6 Å². The molecular weight excluding hydrogens is 344 g/mol. The van der Waals surface area contributed by atoms with Gasteiger partial charge < -0.3 is 9.69 Å². The fraction of sp³-hybridized carbons (Fsp3) is 0.476. The summed E-state index contributed by atoms with van der Waals surface area (Å²) in [5.74, 6) is 0.754. The topological polar surface area (TPSA) is 50.3 Å². The number of hydrogen-bond acceptors (Lipinski definition) is 4. The third-order valence-corrected chi connectivity index (χ3v) is 6.65. The molecule has 4 rings (SSSR count). The molecule has 2 fully saturated rings. The van der Waals surface area contributed by atoms with Gasteiger partial charge in [-0.2, -0.15) is 0 Å². The number of rotatable bonds is 4. The highest BCUT2D eigenvalue weighted by Crippen LogP contribution is 2.36. The summed E-state index contributed by atoms with van der Waals surface area (Å²) in [4.78, 5) is 30.8. The average molecular weight is 369 g/mol. The van der Waals surface area contributed by atoms with Crippen LogP contribution in [0.4, 0.5) is 0 Å². The number of piperidine rings is 1. The molecule has 2 aliphatic rings. The third-order valence-electron chi connectivity index (χ3n) is 5.78. The highest BCUT2D eigenvalue weighted by atomic mass is 32.1. The minimum Gasteiger partial charge on any atom is -0.334 e. The van der Waals surface area contributed by atoms with Crippen LogP contribution in [-0.4, -0.2) is 34.7 Å². The quantitative estimate of drug-likeness (QED) is 0.754. The van der Waals surface area contributed by atoms with Gasteiger partial charge in [0.05, 0.1) is 0 Å². The molecule has 2 aromatic rings. The normalized spacial score (nSPS) is 22.7. The Hall–Kier alpha value is -2.01. The van der Waals surface area contributed by atoms with Crippen LogP contribution in [0.15, 0.2) is 29.6 Å². The molecule has 1 saturated heterocycles. The number of carbonyl (C=O) groups is 2. The molecule has 1 aromatic carbocycles. The smallest absolute Gasteiger partial charge is 0.273 e. The third kappa shape index (κ3) is 3.32. The van der Waals surface area contributed by atoms with Crippen molar-refractivity contribution in [2.75, 3.05) is 6.54 Å². The molecule has 26 heavy (non-hydrogen) atoms. The van der Waals surface area contributed by atoms with Crippen LogP contribution in [0.5, 0.6) is 0 Å². The highest BCUT2D eigenvalue weighted by molar-refractivity contribution is 7.13. The van der Waals surface area contributed by atoms with Gasteiger partial charge in [0.15, 0.2) is 0 Å². The van der Waals surface area contributed by atoms with Crippen LogP contribution in [0.25, 0.3) is 10.6 Å². The summed E-state index contributed by atoms with van der Waals surface area (Å²) in [7, 11) is 0. The first-order valence-electron chi connectivity index (χ1n) is 9.56. The molecule has 1 aromatic heterocycles. The second-order valence-electron chi connectivity index (χ2n) is 7.32. The van der Waals surface area contributed by atoms with Gasteiger partial charge in [-0.25, -0.2) is 4.98 Å². The molecule has 5 heteroatoms. The summed E-state index contributed by atoms with van der Waals surface area (Å²) in [6.07, 6.45) is 8.57. The van der Waals surface area contributed by atoms with Gasteiger partial charge >= 0.3 is 0 Å². The van der Waals surface area contributed by atoms with Crippen molar-refractivity contribution in [1.29, 1.82) is 0 Å². The minimum absolute atomic E-state index is 0.0805. The molecule has 0 bridgehead atoms. The lowest BCUT2D eigenvalue weighted by atomic mass is 9.78. The SMILES string of the molecule is O=CCc1ccccc1-c1nc(C(=O)N2CCCC3CCCCC32)cs1. The Labute approximate surface area is 158 Å². The molecule has 2 heterocycles. The van der Waals surface area contributed by atoms with Gasteiger partial charge in [0.2, 0.25) is 0 Å². The number of benzene rings is 1. The molecule has 1 aliphatic carbocycles. The summed E-state index contributed by atoms with van der Waals surface area (Å²) in [6.45, 7) is 0.856. The number of aromatic nitrogens is 1. The molecule has 136 valence electrons. The van der Waals surface area contributed by atoms with Gasteiger partial charge in [0.1, 0.15) is 17.0 Å².